The number of aromatic nitrogens is 2. The standard InChI is InChI=1S/C16H13N3O/c1-11-15(10-17)16(19(2)18-11)20-14-8-7-12-5-3-4-6-13(12)9-14/h3-9H,1-2H3. The molecule has 0 saturated heterocycles. The molecule has 4 nitrogen and oxygen atoms in total. The molecule has 0 aliphatic carbocycles. The first-order valence-corrected chi connectivity index (χ1v) is 6.29. The maximum absolute atomic E-state index is 9.18. The van der Waals surface area contributed by atoms with Crippen molar-refractivity contribution >= 4 is 10.8 Å². The molecule has 0 unspecified atom stereocenters. The van der Waals surface area contributed by atoms with E-state index in [1.54, 1.807) is 18.7 Å². The molecule has 0 N–H and O–H groups in total. The van der Waals surface area contributed by atoms with Gasteiger partial charge in [-0.2, -0.15) is 10.4 Å². The van der Waals surface area contributed by atoms with E-state index in [9.17, 15) is 5.26 Å². The van der Waals surface area contributed by atoms with Gasteiger partial charge in [0.2, 0.25) is 5.88 Å². The Morgan fingerprint density at radius 3 is 2.65 bits per heavy atom. The van der Waals surface area contributed by atoms with Crippen LogP contribution in [-0.2, 0) is 7.05 Å². The minimum atomic E-state index is 0.472. The molecule has 0 aliphatic rings. The lowest BCUT2D eigenvalue weighted by molar-refractivity contribution is 0.430. The van der Waals surface area contributed by atoms with Crippen LogP contribution >= 0.6 is 0 Å². The molecule has 20 heavy (non-hydrogen) atoms. The van der Waals surface area contributed by atoms with E-state index in [1.807, 2.05) is 42.5 Å². The number of nitrogens with zero attached hydrogens (tertiary/aromatic N) is 3. The van der Waals surface area contributed by atoms with E-state index in [2.05, 4.69) is 11.2 Å². The van der Waals surface area contributed by atoms with Crippen molar-refractivity contribution in [3.8, 4) is 17.7 Å². The summed E-state index contributed by atoms with van der Waals surface area (Å²) in [6.07, 6.45) is 0. The van der Waals surface area contributed by atoms with Crippen LogP contribution < -0.4 is 4.74 Å². The zero-order chi connectivity index (χ0) is 14.1. The van der Waals surface area contributed by atoms with Gasteiger partial charge in [-0.3, -0.25) is 0 Å². The van der Waals surface area contributed by atoms with Gasteiger partial charge in [-0.05, 0) is 29.8 Å². The lowest BCUT2D eigenvalue weighted by Crippen LogP contribution is -1.96. The molecule has 2 aromatic carbocycles. The second-order valence-corrected chi connectivity index (χ2v) is 4.61. The highest BCUT2D eigenvalue weighted by Gasteiger charge is 2.15. The normalized spacial score (nSPS) is 10.4. The Kier molecular flexibility index (Phi) is 2.88. The molecule has 0 aliphatic heterocycles. The Labute approximate surface area is 116 Å². The van der Waals surface area contributed by atoms with Gasteiger partial charge in [-0.25, -0.2) is 4.68 Å². The minimum Gasteiger partial charge on any atom is -0.438 e. The molecular weight excluding hydrogens is 250 g/mol. The van der Waals surface area contributed by atoms with E-state index in [-0.39, 0.29) is 0 Å². The molecular formula is C16H13N3O. The molecule has 98 valence electrons. The first-order chi connectivity index (χ1) is 9.69. The van der Waals surface area contributed by atoms with Crippen LogP contribution in [0.1, 0.15) is 11.3 Å². The van der Waals surface area contributed by atoms with Crippen LogP contribution in [0.3, 0.4) is 0 Å². The molecule has 4 heteroatoms. The number of ether oxygens (including phenoxy) is 1. The topological polar surface area (TPSA) is 50.8 Å². The molecule has 0 atom stereocenters. The third kappa shape index (κ3) is 1.99. The van der Waals surface area contributed by atoms with E-state index in [0.717, 1.165) is 10.8 Å². The molecule has 0 radical (unpaired) electrons. The Bertz CT molecular complexity index is 827. The maximum atomic E-state index is 9.18. The minimum absolute atomic E-state index is 0.472. The lowest BCUT2D eigenvalue weighted by atomic mass is 10.1. The van der Waals surface area contributed by atoms with Crippen molar-refractivity contribution < 1.29 is 4.74 Å². The highest BCUT2D eigenvalue weighted by atomic mass is 16.5. The fourth-order valence-corrected chi connectivity index (χ4v) is 2.23. The van der Waals surface area contributed by atoms with Gasteiger partial charge >= 0.3 is 0 Å². The molecule has 0 saturated carbocycles. The molecule has 3 aromatic rings. The highest BCUT2D eigenvalue weighted by molar-refractivity contribution is 5.83. The number of nitriles is 1. The van der Waals surface area contributed by atoms with Crippen molar-refractivity contribution in [2.45, 2.75) is 6.92 Å². The Morgan fingerprint density at radius 1 is 1.15 bits per heavy atom. The Balaban J connectivity index is 2.04. The summed E-state index contributed by atoms with van der Waals surface area (Å²) < 4.78 is 7.42. The van der Waals surface area contributed by atoms with Crippen LogP contribution in [0, 0.1) is 18.3 Å². The van der Waals surface area contributed by atoms with Crippen molar-refractivity contribution in [3.63, 3.8) is 0 Å². The summed E-state index contributed by atoms with van der Waals surface area (Å²) in [5, 5.41) is 15.6. The van der Waals surface area contributed by atoms with E-state index < -0.39 is 0 Å². The predicted molar refractivity (Wildman–Crippen MR) is 76.7 cm³/mol. The number of rotatable bonds is 2. The Hall–Kier alpha value is -2.80. The summed E-state index contributed by atoms with van der Waals surface area (Å²) in [5.41, 5.74) is 1.14. The van der Waals surface area contributed by atoms with E-state index in [4.69, 9.17) is 4.74 Å². The van der Waals surface area contributed by atoms with Gasteiger partial charge < -0.3 is 4.74 Å². The van der Waals surface area contributed by atoms with E-state index in [1.165, 1.54) is 0 Å². The molecule has 0 bridgehead atoms. The quantitative estimate of drug-likeness (QED) is 0.710. The second kappa shape index (κ2) is 4.71. The average molecular weight is 263 g/mol. The van der Waals surface area contributed by atoms with Crippen molar-refractivity contribution in [2.24, 2.45) is 7.05 Å². The van der Waals surface area contributed by atoms with Crippen LogP contribution in [0.4, 0.5) is 0 Å². The fraction of sp³-hybridized carbons (Fsp3) is 0.125. The Morgan fingerprint density at radius 2 is 1.90 bits per heavy atom. The number of benzene rings is 2. The van der Waals surface area contributed by atoms with Gasteiger partial charge in [0.15, 0.2) is 0 Å². The maximum Gasteiger partial charge on any atom is 0.235 e. The van der Waals surface area contributed by atoms with Crippen molar-refractivity contribution in [1.82, 2.24) is 9.78 Å². The average Bonchev–Trinajstić information content (AvgIpc) is 2.72. The molecule has 3 rings (SSSR count). The van der Waals surface area contributed by atoms with Crippen LogP contribution in [0.25, 0.3) is 10.8 Å². The summed E-state index contributed by atoms with van der Waals surface area (Å²) in [6, 6.07) is 16.1. The van der Waals surface area contributed by atoms with Gasteiger partial charge in [0, 0.05) is 7.05 Å². The first kappa shape index (κ1) is 12.2. The van der Waals surface area contributed by atoms with Crippen LogP contribution in [0.15, 0.2) is 42.5 Å². The monoisotopic (exact) mass is 263 g/mol. The summed E-state index contributed by atoms with van der Waals surface area (Å²) in [7, 11) is 1.77. The van der Waals surface area contributed by atoms with Crippen molar-refractivity contribution in [2.75, 3.05) is 0 Å². The largest absolute Gasteiger partial charge is 0.438 e. The summed E-state index contributed by atoms with van der Waals surface area (Å²) in [4.78, 5) is 0. The van der Waals surface area contributed by atoms with E-state index in [0.29, 0.717) is 22.9 Å². The van der Waals surface area contributed by atoms with Crippen LogP contribution in [-0.4, -0.2) is 9.78 Å². The SMILES string of the molecule is Cc1nn(C)c(Oc2ccc3ccccc3c2)c1C#N. The third-order valence-electron chi connectivity index (χ3n) is 3.22. The number of aryl methyl sites for hydroxylation is 2. The second-order valence-electron chi connectivity index (χ2n) is 4.61. The zero-order valence-corrected chi connectivity index (χ0v) is 11.3. The smallest absolute Gasteiger partial charge is 0.235 e. The first-order valence-electron chi connectivity index (χ1n) is 6.29. The van der Waals surface area contributed by atoms with Crippen LogP contribution in [0.2, 0.25) is 0 Å². The summed E-state index contributed by atoms with van der Waals surface area (Å²) in [5.74, 6) is 1.17. The van der Waals surface area contributed by atoms with E-state index >= 15 is 0 Å². The molecule has 0 amide bonds. The third-order valence-corrected chi connectivity index (χ3v) is 3.22. The summed E-state index contributed by atoms with van der Waals surface area (Å²) >= 11 is 0. The van der Waals surface area contributed by atoms with Crippen molar-refractivity contribution in [1.29, 1.82) is 5.26 Å². The number of hydrogen-bond donors (Lipinski definition) is 0. The fourth-order valence-electron chi connectivity index (χ4n) is 2.23. The number of hydrogen-bond acceptors (Lipinski definition) is 3. The number of fused-ring (bicyclic) bond motifs is 1. The van der Waals surface area contributed by atoms with Gasteiger partial charge in [-0.15, -0.1) is 0 Å². The van der Waals surface area contributed by atoms with Gasteiger partial charge in [0.25, 0.3) is 0 Å². The summed E-state index contributed by atoms with van der Waals surface area (Å²) in [6.45, 7) is 1.80. The molecule has 1 aromatic heterocycles. The van der Waals surface area contributed by atoms with Crippen LogP contribution in [0.5, 0.6) is 11.6 Å². The lowest BCUT2D eigenvalue weighted by Gasteiger charge is -2.07. The molecule has 0 fully saturated rings. The van der Waals surface area contributed by atoms with Gasteiger partial charge in [0.05, 0.1) is 5.69 Å². The van der Waals surface area contributed by atoms with Crippen molar-refractivity contribution in [3.05, 3.63) is 53.7 Å². The molecule has 0 spiro atoms. The van der Waals surface area contributed by atoms with Gasteiger partial charge in [0.1, 0.15) is 17.4 Å². The predicted octanol–water partition coefficient (Wildman–Crippen LogP) is 3.55. The van der Waals surface area contributed by atoms with Gasteiger partial charge in [-0.1, -0.05) is 30.3 Å². The molecule has 1 heterocycles. The highest BCUT2D eigenvalue weighted by Crippen LogP contribution is 2.28. The zero-order valence-electron chi connectivity index (χ0n) is 11.3.